The molecule has 0 saturated heterocycles. The number of nitrogens with one attached hydrogen (secondary N) is 1. The monoisotopic (exact) mass is 257 g/mol. The fourth-order valence-corrected chi connectivity index (χ4v) is 2.52. The molecule has 1 aromatic heterocycles. The van der Waals surface area contributed by atoms with Crippen LogP contribution in [0.15, 0.2) is 28.9 Å². The zero-order valence-corrected chi connectivity index (χ0v) is 12.5. The van der Waals surface area contributed by atoms with Crippen molar-refractivity contribution >= 4 is 0 Å². The first-order chi connectivity index (χ1) is 9.04. The van der Waals surface area contributed by atoms with Crippen molar-refractivity contribution in [3.63, 3.8) is 0 Å². The summed E-state index contributed by atoms with van der Waals surface area (Å²) in [6.45, 7) is 11.6. The van der Waals surface area contributed by atoms with Gasteiger partial charge in [-0.2, -0.15) is 0 Å². The Morgan fingerprint density at radius 1 is 1.00 bits per heavy atom. The molecule has 2 aromatic rings. The highest BCUT2D eigenvalue weighted by Crippen LogP contribution is 2.29. The first-order valence-corrected chi connectivity index (χ1v) is 6.89. The molecule has 1 heterocycles. The van der Waals surface area contributed by atoms with Gasteiger partial charge in [0, 0.05) is 0 Å². The number of furan rings is 1. The molecular weight excluding hydrogens is 234 g/mol. The summed E-state index contributed by atoms with van der Waals surface area (Å²) in [5, 5.41) is 3.54. The maximum Gasteiger partial charge on any atom is 0.128 e. The van der Waals surface area contributed by atoms with Crippen LogP contribution in [0.3, 0.4) is 0 Å². The second-order valence-electron chi connectivity index (χ2n) is 5.25. The number of rotatable bonds is 4. The summed E-state index contributed by atoms with van der Waals surface area (Å²) in [5.74, 6) is 1.02. The molecule has 1 atom stereocenters. The van der Waals surface area contributed by atoms with Gasteiger partial charge in [-0.25, -0.2) is 0 Å². The summed E-state index contributed by atoms with van der Waals surface area (Å²) in [7, 11) is 0. The lowest BCUT2D eigenvalue weighted by atomic mass is 9.93. The van der Waals surface area contributed by atoms with Gasteiger partial charge in [-0.05, 0) is 68.1 Å². The normalized spacial score (nSPS) is 12.7. The molecule has 102 valence electrons. The van der Waals surface area contributed by atoms with Crippen molar-refractivity contribution in [2.75, 3.05) is 6.54 Å². The molecule has 19 heavy (non-hydrogen) atoms. The Bertz CT molecular complexity index is 569. The lowest BCUT2D eigenvalue weighted by molar-refractivity contribution is 0.448. The van der Waals surface area contributed by atoms with E-state index in [1.54, 1.807) is 6.26 Å². The Morgan fingerprint density at radius 3 is 2.26 bits per heavy atom. The molecule has 0 amide bonds. The molecule has 1 aromatic carbocycles. The lowest BCUT2D eigenvalue weighted by Crippen LogP contribution is -2.23. The van der Waals surface area contributed by atoms with E-state index in [1.807, 2.05) is 6.07 Å². The van der Waals surface area contributed by atoms with E-state index in [4.69, 9.17) is 4.42 Å². The topological polar surface area (TPSA) is 25.2 Å². The first kappa shape index (κ1) is 13.9. The largest absolute Gasteiger partial charge is 0.467 e. The van der Waals surface area contributed by atoms with Crippen LogP contribution in [0, 0.1) is 27.7 Å². The summed E-state index contributed by atoms with van der Waals surface area (Å²) < 4.78 is 5.70. The summed E-state index contributed by atoms with van der Waals surface area (Å²) in [6, 6.07) is 6.70. The third-order valence-electron chi connectivity index (χ3n) is 3.77. The molecule has 1 unspecified atom stereocenters. The summed E-state index contributed by atoms with van der Waals surface area (Å²) in [4.78, 5) is 0. The van der Waals surface area contributed by atoms with E-state index in [2.05, 4.69) is 52.1 Å². The van der Waals surface area contributed by atoms with Crippen molar-refractivity contribution in [3.05, 3.63) is 58.0 Å². The smallest absolute Gasteiger partial charge is 0.128 e. The lowest BCUT2D eigenvalue weighted by Gasteiger charge is -2.20. The van der Waals surface area contributed by atoms with E-state index in [1.165, 1.54) is 27.8 Å². The Kier molecular flexibility index (Phi) is 4.11. The van der Waals surface area contributed by atoms with E-state index in [-0.39, 0.29) is 6.04 Å². The molecule has 0 spiro atoms. The number of benzene rings is 1. The predicted octanol–water partition coefficient (Wildman–Crippen LogP) is 4.21. The molecule has 2 heteroatoms. The van der Waals surface area contributed by atoms with Crippen molar-refractivity contribution in [2.24, 2.45) is 0 Å². The molecule has 0 bridgehead atoms. The zero-order valence-electron chi connectivity index (χ0n) is 12.5. The van der Waals surface area contributed by atoms with Crippen LogP contribution in [-0.4, -0.2) is 6.54 Å². The van der Waals surface area contributed by atoms with Crippen LogP contribution in [0.1, 0.15) is 46.5 Å². The average Bonchev–Trinajstić information content (AvgIpc) is 2.77. The van der Waals surface area contributed by atoms with Gasteiger partial charge in [-0.15, -0.1) is 0 Å². The minimum Gasteiger partial charge on any atom is -0.467 e. The molecule has 0 aliphatic heterocycles. The van der Waals surface area contributed by atoms with E-state index in [0.717, 1.165) is 12.3 Å². The molecular formula is C17H23NO. The first-order valence-electron chi connectivity index (χ1n) is 6.89. The summed E-state index contributed by atoms with van der Waals surface area (Å²) in [5.41, 5.74) is 6.48. The van der Waals surface area contributed by atoms with Gasteiger partial charge in [-0.1, -0.05) is 19.1 Å². The molecule has 0 aliphatic rings. The second kappa shape index (κ2) is 5.62. The number of aryl methyl sites for hydroxylation is 4. The highest BCUT2D eigenvalue weighted by atomic mass is 16.3. The van der Waals surface area contributed by atoms with Crippen LogP contribution in [0.2, 0.25) is 0 Å². The highest BCUT2D eigenvalue weighted by molar-refractivity contribution is 5.41. The van der Waals surface area contributed by atoms with Crippen LogP contribution >= 0.6 is 0 Å². The molecule has 0 saturated carbocycles. The summed E-state index contributed by atoms with van der Waals surface area (Å²) in [6.07, 6.45) is 1.77. The molecule has 0 aliphatic carbocycles. The average molecular weight is 257 g/mol. The van der Waals surface area contributed by atoms with Gasteiger partial charge in [0.2, 0.25) is 0 Å². The molecule has 1 N–H and O–H groups in total. The van der Waals surface area contributed by atoms with Crippen LogP contribution < -0.4 is 5.32 Å². The molecule has 2 rings (SSSR count). The Morgan fingerprint density at radius 2 is 1.68 bits per heavy atom. The van der Waals surface area contributed by atoms with Crippen molar-refractivity contribution in [3.8, 4) is 0 Å². The van der Waals surface area contributed by atoms with Gasteiger partial charge in [0.1, 0.15) is 5.76 Å². The molecule has 0 radical (unpaired) electrons. The van der Waals surface area contributed by atoms with E-state index < -0.39 is 0 Å². The van der Waals surface area contributed by atoms with Crippen molar-refractivity contribution in [1.29, 1.82) is 0 Å². The quantitative estimate of drug-likeness (QED) is 0.887. The molecule has 2 nitrogen and oxygen atoms in total. The van der Waals surface area contributed by atoms with E-state index in [0.29, 0.717) is 0 Å². The Hall–Kier alpha value is -1.54. The fourth-order valence-electron chi connectivity index (χ4n) is 2.52. The Labute approximate surface area is 115 Å². The second-order valence-corrected chi connectivity index (χ2v) is 5.25. The number of hydrogen-bond donors (Lipinski definition) is 1. The van der Waals surface area contributed by atoms with Crippen LogP contribution in [0.5, 0.6) is 0 Å². The summed E-state index contributed by atoms with van der Waals surface area (Å²) >= 11 is 0. The fraction of sp³-hybridized carbons (Fsp3) is 0.412. The van der Waals surface area contributed by atoms with Crippen molar-refractivity contribution in [1.82, 2.24) is 5.32 Å². The van der Waals surface area contributed by atoms with Gasteiger partial charge < -0.3 is 9.73 Å². The SMILES string of the molecule is CCNC(c1cc(C)c(C)cc1C)c1occc1C. The minimum absolute atomic E-state index is 0.138. The van der Waals surface area contributed by atoms with Crippen LogP contribution in [0.4, 0.5) is 0 Å². The van der Waals surface area contributed by atoms with Crippen LogP contribution in [-0.2, 0) is 0 Å². The van der Waals surface area contributed by atoms with Crippen molar-refractivity contribution in [2.45, 2.75) is 40.7 Å². The highest BCUT2D eigenvalue weighted by Gasteiger charge is 2.20. The van der Waals surface area contributed by atoms with Crippen molar-refractivity contribution < 1.29 is 4.42 Å². The zero-order chi connectivity index (χ0) is 14.0. The van der Waals surface area contributed by atoms with Gasteiger partial charge in [0.15, 0.2) is 0 Å². The van der Waals surface area contributed by atoms with E-state index in [9.17, 15) is 0 Å². The third-order valence-corrected chi connectivity index (χ3v) is 3.77. The van der Waals surface area contributed by atoms with Gasteiger partial charge >= 0.3 is 0 Å². The van der Waals surface area contributed by atoms with Gasteiger partial charge in [0.25, 0.3) is 0 Å². The Balaban J connectivity index is 2.51. The van der Waals surface area contributed by atoms with Gasteiger partial charge in [0.05, 0.1) is 12.3 Å². The van der Waals surface area contributed by atoms with E-state index >= 15 is 0 Å². The minimum atomic E-state index is 0.138. The molecule has 0 fully saturated rings. The predicted molar refractivity (Wildman–Crippen MR) is 79.6 cm³/mol. The van der Waals surface area contributed by atoms with Crippen LogP contribution in [0.25, 0.3) is 0 Å². The standard InChI is InChI=1S/C17H23NO/c1-6-18-16(17-11(2)7-8-19-17)15-10-13(4)12(3)9-14(15)5/h7-10,16,18H,6H2,1-5H3. The maximum absolute atomic E-state index is 5.70. The maximum atomic E-state index is 5.70. The third kappa shape index (κ3) is 2.74. The number of hydrogen-bond acceptors (Lipinski definition) is 2. The van der Waals surface area contributed by atoms with Gasteiger partial charge in [-0.3, -0.25) is 0 Å².